The van der Waals surface area contributed by atoms with Crippen molar-refractivity contribution in [3.63, 3.8) is 0 Å². The topological polar surface area (TPSA) is 77.7 Å². The van der Waals surface area contributed by atoms with E-state index in [0.29, 0.717) is 6.54 Å². The Hall–Kier alpha value is -2.68. The highest BCUT2D eigenvalue weighted by Crippen LogP contribution is 2.12. The molecular formula is C14H16N6. The lowest BCUT2D eigenvalue weighted by Gasteiger charge is -2.14. The summed E-state index contributed by atoms with van der Waals surface area (Å²) in [5, 5.41) is 11.9. The van der Waals surface area contributed by atoms with Crippen LogP contribution in [-0.4, -0.2) is 35.1 Å². The van der Waals surface area contributed by atoms with Crippen LogP contribution in [0.2, 0.25) is 0 Å². The first-order chi connectivity index (χ1) is 9.79. The van der Waals surface area contributed by atoms with Gasteiger partial charge in [-0.15, -0.1) is 0 Å². The maximum atomic E-state index is 8.68. The standard InChI is InChI=1S/C14H16N6/c1-20(8-5-15)14-9-13(18-11-19-14)17-7-4-12-3-2-6-16-10-12/h2-3,6,9-11H,4,7-8H2,1H3,(H,17,18,19). The molecule has 0 saturated heterocycles. The van der Waals surface area contributed by atoms with E-state index < -0.39 is 0 Å². The molecule has 6 nitrogen and oxygen atoms in total. The summed E-state index contributed by atoms with van der Waals surface area (Å²) in [5.74, 6) is 1.48. The van der Waals surface area contributed by atoms with Gasteiger partial charge in [0.15, 0.2) is 0 Å². The monoisotopic (exact) mass is 268 g/mol. The van der Waals surface area contributed by atoms with Crippen LogP contribution < -0.4 is 10.2 Å². The molecule has 1 N–H and O–H groups in total. The van der Waals surface area contributed by atoms with E-state index in [1.54, 1.807) is 11.1 Å². The summed E-state index contributed by atoms with van der Waals surface area (Å²) in [5.41, 5.74) is 1.18. The van der Waals surface area contributed by atoms with Gasteiger partial charge in [-0.3, -0.25) is 4.98 Å². The minimum atomic E-state index is 0.298. The molecule has 0 spiro atoms. The van der Waals surface area contributed by atoms with Gasteiger partial charge in [0.25, 0.3) is 0 Å². The predicted molar refractivity (Wildman–Crippen MR) is 77.3 cm³/mol. The van der Waals surface area contributed by atoms with E-state index in [9.17, 15) is 0 Å². The number of nitrogens with one attached hydrogen (secondary N) is 1. The van der Waals surface area contributed by atoms with Crippen LogP contribution in [0.5, 0.6) is 0 Å². The predicted octanol–water partition coefficient (Wildman–Crippen LogP) is 1.49. The Balaban J connectivity index is 1.90. The van der Waals surface area contributed by atoms with Crippen molar-refractivity contribution < 1.29 is 0 Å². The lowest BCUT2D eigenvalue weighted by molar-refractivity contribution is 0.961. The third-order valence-electron chi connectivity index (χ3n) is 2.79. The van der Waals surface area contributed by atoms with Crippen LogP contribution >= 0.6 is 0 Å². The molecule has 2 aromatic heterocycles. The molecule has 2 aromatic rings. The fraction of sp³-hybridized carbons (Fsp3) is 0.286. The smallest absolute Gasteiger partial charge is 0.134 e. The fourth-order valence-corrected chi connectivity index (χ4v) is 1.72. The molecule has 0 saturated carbocycles. The van der Waals surface area contributed by atoms with E-state index in [-0.39, 0.29) is 0 Å². The molecule has 2 heterocycles. The normalized spacial score (nSPS) is 9.80. The highest BCUT2D eigenvalue weighted by molar-refractivity contribution is 5.48. The summed E-state index contributed by atoms with van der Waals surface area (Å²) < 4.78 is 0. The van der Waals surface area contributed by atoms with Crippen LogP contribution in [0.25, 0.3) is 0 Å². The van der Waals surface area contributed by atoms with Gasteiger partial charge in [-0.1, -0.05) is 6.07 Å². The van der Waals surface area contributed by atoms with E-state index >= 15 is 0 Å². The molecule has 0 aliphatic rings. The van der Waals surface area contributed by atoms with Crippen molar-refractivity contribution in [3.8, 4) is 6.07 Å². The quantitative estimate of drug-likeness (QED) is 0.800. The maximum absolute atomic E-state index is 8.68. The largest absolute Gasteiger partial charge is 0.370 e. The van der Waals surface area contributed by atoms with Crippen molar-refractivity contribution in [2.45, 2.75) is 6.42 Å². The Morgan fingerprint density at radius 3 is 3.05 bits per heavy atom. The van der Waals surface area contributed by atoms with Gasteiger partial charge in [0.1, 0.15) is 24.5 Å². The summed E-state index contributed by atoms with van der Waals surface area (Å²) in [7, 11) is 1.82. The van der Waals surface area contributed by atoms with Crippen LogP contribution in [-0.2, 0) is 6.42 Å². The molecule has 6 heteroatoms. The number of anilines is 2. The summed E-state index contributed by atoms with van der Waals surface area (Å²) in [6, 6.07) is 7.89. The average Bonchev–Trinajstić information content (AvgIpc) is 2.49. The van der Waals surface area contributed by atoms with Gasteiger partial charge >= 0.3 is 0 Å². The minimum Gasteiger partial charge on any atom is -0.370 e. The highest BCUT2D eigenvalue weighted by atomic mass is 15.2. The summed E-state index contributed by atoms with van der Waals surface area (Å²) in [4.78, 5) is 14.2. The van der Waals surface area contributed by atoms with E-state index in [0.717, 1.165) is 24.6 Å². The van der Waals surface area contributed by atoms with Crippen molar-refractivity contribution in [1.82, 2.24) is 15.0 Å². The highest BCUT2D eigenvalue weighted by Gasteiger charge is 2.03. The van der Waals surface area contributed by atoms with Gasteiger partial charge < -0.3 is 10.2 Å². The Morgan fingerprint density at radius 2 is 2.30 bits per heavy atom. The van der Waals surface area contributed by atoms with E-state index in [4.69, 9.17) is 5.26 Å². The SMILES string of the molecule is CN(CC#N)c1cc(NCCc2cccnc2)ncn1. The lowest BCUT2D eigenvalue weighted by atomic mass is 10.2. The number of nitrogens with zero attached hydrogens (tertiary/aromatic N) is 5. The first-order valence-corrected chi connectivity index (χ1v) is 6.32. The van der Waals surface area contributed by atoms with Gasteiger partial charge in [0, 0.05) is 32.1 Å². The molecule has 0 radical (unpaired) electrons. The number of rotatable bonds is 6. The lowest BCUT2D eigenvalue weighted by Crippen LogP contribution is -2.19. The molecule has 0 bridgehead atoms. The maximum Gasteiger partial charge on any atom is 0.134 e. The first kappa shape index (κ1) is 13.7. The molecule has 20 heavy (non-hydrogen) atoms. The zero-order chi connectivity index (χ0) is 14.2. The zero-order valence-corrected chi connectivity index (χ0v) is 11.3. The van der Waals surface area contributed by atoms with Gasteiger partial charge in [0.05, 0.1) is 6.07 Å². The number of hydrogen-bond donors (Lipinski definition) is 1. The molecule has 0 amide bonds. The summed E-state index contributed by atoms with van der Waals surface area (Å²) >= 11 is 0. The number of pyridine rings is 1. The van der Waals surface area contributed by atoms with Crippen LogP contribution in [0.3, 0.4) is 0 Å². The van der Waals surface area contributed by atoms with E-state index in [1.807, 2.05) is 31.4 Å². The number of hydrogen-bond acceptors (Lipinski definition) is 6. The van der Waals surface area contributed by atoms with Crippen LogP contribution in [0.15, 0.2) is 36.9 Å². The fourth-order valence-electron chi connectivity index (χ4n) is 1.72. The molecule has 0 unspecified atom stereocenters. The summed E-state index contributed by atoms with van der Waals surface area (Å²) in [6.45, 7) is 1.07. The van der Waals surface area contributed by atoms with Crippen molar-refractivity contribution in [2.75, 3.05) is 30.4 Å². The van der Waals surface area contributed by atoms with Crippen molar-refractivity contribution >= 4 is 11.6 Å². The molecule has 0 fully saturated rings. The third-order valence-corrected chi connectivity index (χ3v) is 2.79. The number of aromatic nitrogens is 3. The van der Waals surface area contributed by atoms with Crippen LogP contribution in [0.4, 0.5) is 11.6 Å². The molecule has 2 rings (SSSR count). The van der Waals surface area contributed by atoms with Gasteiger partial charge in [-0.2, -0.15) is 5.26 Å². The zero-order valence-electron chi connectivity index (χ0n) is 11.3. The van der Waals surface area contributed by atoms with Crippen LogP contribution in [0.1, 0.15) is 5.56 Å². The van der Waals surface area contributed by atoms with Crippen molar-refractivity contribution in [3.05, 3.63) is 42.5 Å². The molecule has 0 aliphatic heterocycles. The Labute approximate surface area is 118 Å². The second-order valence-electron chi connectivity index (χ2n) is 4.31. The Morgan fingerprint density at radius 1 is 1.40 bits per heavy atom. The molecule has 102 valence electrons. The second kappa shape index (κ2) is 7.04. The van der Waals surface area contributed by atoms with Gasteiger partial charge in [-0.25, -0.2) is 9.97 Å². The van der Waals surface area contributed by atoms with Gasteiger partial charge in [-0.05, 0) is 18.1 Å². The van der Waals surface area contributed by atoms with Crippen molar-refractivity contribution in [2.24, 2.45) is 0 Å². The molecule has 0 atom stereocenters. The summed E-state index contributed by atoms with van der Waals surface area (Å²) in [6.07, 6.45) is 5.99. The van der Waals surface area contributed by atoms with E-state index in [2.05, 4.69) is 26.3 Å². The third kappa shape index (κ3) is 3.92. The molecule has 0 aliphatic carbocycles. The number of nitriles is 1. The van der Waals surface area contributed by atoms with E-state index in [1.165, 1.54) is 11.9 Å². The van der Waals surface area contributed by atoms with Crippen LogP contribution in [0, 0.1) is 11.3 Å². The molecule has 0 aromatic carbocycles. The van der Waals surface area contributed by atoms with Crippen molar-refractivity contribution in [1.29, 1.82) is 5.26 Å². The average molecular weight is 268 g/mol. The first-order valence-electron chi connectivity index (χ1n) is 6.32. The second-order valence-corrected chi connectivity index (χ2v) is 4.31. The van der Waals surface area contributed by atoms with Gasteiger partial charge in [0.2, 0.25) is 0 Å². The minimum absolute atomic E-state index is 0.298. The molecular weight excluding hydrogens is 252 g/mol. The Bertz CT molecular complexity index is 578. The Kier molecular flexibility index (Phi) is 4.84.